The van der Waals surface area contributed by atoms with Crippen LogP contribution in [0.5, 0.6) is 0 Å². The van der Waals surface area contributed by atoms with Gasteiger partial charge in [0.05, 0.1) is 13.3 Å². The summed E-state index contributed by atoms with van der Waals surface area (Å²) in [6, 6.07) is 8.99. The van der Waals surface area contributed by atoms with Gasteiger partial charge in [0.15, 0.2) is 0 Å². The summed E-state index contributed by atoms with van der Waals surface area (Å²) in [6.45, 7) is -1.43. The summed E-state index contributed by atoms with van der Waals surface area (Å²) in [5.41, 5.74) is 0.699. The Labute approximate surface area is 93.7 Å². The van der Waals surface area contributed by atoms with Gasteiger partial charge in [-0.15, -0.1) is 0 Å². The van der Waals surface area contributed by atoms with Gasteiger partial charge in [0.25, 0.3) is 0 Å². The van der Waals surface area contributed by atoms with Gasteiger partial charge in [0.2, 0.25) is 5.91 Å². The Morgan fingerprint density at radius 2 is 1.81 bits per heavy atom. The van der Waals surface area contributed by atoms with Crippen molar-refractivity contribution < 1.29 is 13.6 Å². The van der Waals surface area contributed by atoms with Crippen LogP contribution in [0.1, 0.15) is 12.8 Å². The number of benzene rings is 1. The number of hydrogen-bond acceptors (Lipinski definition) is 1. The Morgan fingerprint density at radius 1 is 1.19 bits per heavy atom. The Morgan fingerprint density at radius 3 is 2.38 bits per heavy atom. The van der Waals surface area contributed by atoms with E-state index in [1.165, 1.54) is 0 Å². The predicted molar refractivity (Wildman–Crippen MR) is 59.7 cm³/mol. The first-order valence-electron chi connectivity index (χ1n) is 5.23. The summed E-state index contributed by atoms with van der Waals surface area (Å²) >= 11 is 0. The zero-order valence-electron chi connectivity index (χ0n) is 8.96. The molecule has 0 saturated carbocycles. The second-order valence-electron chi connectivity index (χ2n) is 3.63. The van der Waals surface area contributed by atoms with Gasteiger partial charge in [0.1, 0.15) is 0 Å². The summed E-state index contributed by atoms with van der Waals surface area (Å²) in [6.07, 6.45) is 0.388. The van der Waals surface area contributed by atoms with E-state index in [0.29, 0.717) is 5.69 Å². The van der Waals surface area contributed by atoms with E-state index in [2.05, 4.69) is 5.32 Å². The molecule has 1 amide bonds. The van der Waals surface area contributed by atoms with E-state index in [0.717, 1.165) is 0 Å². The first kappa shape index (κ1) is 12.6. The zero-order chi connectivity index (χ0) is 11.8. The van der Waals surface area contributed by atoms with Crippen LogP contribution in [-0.2, 0) is 4.79 Å². The quantitative estimate of drug-likeness (QED) is 0.795. The Kier molecular flexibility index (Phi) is 5.46. The molecule has 1 N–H and O–H groups in total. The molecule has 88 valence electrons. The molecule has 1 aromatic carbocycles. The molecule has 1 aromatic rings. The van der Waals surface area contributed by atoms with Gasteiger partial charge in [-0.25, -0.2) is 0 Å². The molecule has 4 heteroatoms. The summed E-state index contributed by atoms with van der Waals surface area (Å²) < 4.78 is 24.3. The monoisotopic (exact) mass is 227 g/mol. The fourth-order valence-electron chi connectivity index (χ4n) is 1.28. The van der Waals surface area contributed by atoms with E-state index in [9.17, 15) is 13.6 Å². The van der Waals surface area contributed by atoms with Crippen molar-refractivity contribution in [2.45, 2.75) is 12.8 Å². The summed E-state index contributed by atoms with van der Waals surface area (Å²) in [5, 5.41) is 2.66. The lowest BCUT2D eigenvalue weighted by Gasteiger charge is -2.08. The fourth-order valence-corrected chi connectivity index (χ4v) is 1.28. The number of nitrogens with one attached hydrogen (secondary N) is 1. The number of carbonyl (C=O) groups excluding carboxylic acids is 1. The third kappa shape index (κ3) is 4.38. The van der Waals surface area contributed by atoms with Gasteiger partial charge >= 0.3 is 0 Å². The molecular weight excluding hydrogens is 212 g/mol. The third-order valence-corrected chi connectivity index (χ3v) is 2.27. The highest BCUT2D eigenvalue weighted by Crippen LogP contribution is 2.10. The van der Waals surface area contributed by atoms with E-state index < -0.39 is 19.3 Å². The molecule has 0 unspecified atom stereocenters. The predicted octanol–water partition coefficient (Wildman–Crippen LogP) is 2.96. The van der Waals surface area contributed by atoms with Gasteiger partial charge < -0.3 is 5.32 Å². The summed E-state index contributed by atoms with van der Waals surface area (Å²) in [4.78, 5) is 11.4. The van der Waals surface area contributed by atoms with Gasteiger partial charge in [-0.05, 0) is 18.6 Å². The standard InChI is InChI=1S/C12H15F2NO/c13-8-10(9-14)6-7-12(16)15-11-4-2-1-3-5-11/h1-5,10H,6-9H2,(H,15,16). The Hall–Kier alpha value is -1.45. The largest absolute Gasteiger partial charge is 0.326 e. The zero-order valence-corrected chi connectivity index (χ0v) is 8.96. The Balaban J connectivity index is 2.31. The third-order valence-electron chi connectivity index (χ3n) is 2.27. The molecule has 0 heterocycles. The van der Waals surface area contributed by atoms with Crippen molar-refractivity contribution in [3.05, 3.63) is 30.3 Å². The lowest BCUT2D eigenvalue weighted by atomic mass is 10.1. The van der Waals surface area contributed by atoms with Crippen molar-refractivity contribution in [3.63, 3.8) is 0 Å². The number of carbonyl (C=O) groups is 1. The average Bonchev–Trinajstić information content (AvgIpc) is 2.31. The first-order chi connectivity index (χ1) is 7.76. The van der Waals surface area contributed by atoms with Crippen LogP contribution in [0, 0.1) is 5.92 Å². The van der Waals surface area contributed by atoms with Crippen LogP contribution in [0.3, 0.4) is 0 Å². The van der Waals surface area contributed by atoms with E-state index in [4.69, 9.17) is 0 Å². The number of hydrogen-bond donors (Lipinski definition) is 1. The molecule has 0 aliphatic carbocycles. The maximum atomic E-state index is 12.2. The number of alkyl halides is 2. The molecule has 0 aliphatic heterocycles. The van der Waals surface area contributed by atoms with Crippen molar-refractivity contribution in [1.29, 1.82) is 0 Å². The van der Waals surface area contributed by atoms with Gasteiger partial charge in [0, 0.05) is 18.0 Å². The second-order valence-corrected chi connectivity index (χ2v) is 3.63. The van der Waals surface area contributed by atoms with Gasteiger partial charge in [-0.1, -0.05) is 18.2 Å². The van der Waals surface area contributed by atoms with Crippen molar-refractivity contribution in [1.82, 2.24) is 0 Å². The average molecular weight is 227 g/mol. The summed E-state index contributed by atoms with van der Waals surface area (Å²) in [5.74, 6) is -0.861. The minimum Gasteiger partial charge on any atom is -0.326 e. The van der Waals surface area contributed by atoms with Crippen LogP contribution < -0.4 is 5.32 Å². The lowest BCUT2D eigenvalue weighted by Crippen LogP contribution is -2.15. The molecule has 2 nitrogen and oxygen atoms in total. The van der Waals surface area contributed by atoms with Crippen LogP contribution in [0.2, 0.25) is 0 Å². The fraction of sp³-hybridized carbons (Fsp3) is 0.417. The second kappa shape index (κ2) is 6.93. The van der Waals surface area contributed by atoms with Crippen LogP contribution in [0.25, 0.3) is 0 Å². The number of rotatable bonds is 6. The highest BCUT2D eigenvalue weighted by Gasteiger charge is 2.10. The molecule has 0 atom stereocenters. The van der Waals surface area contributed by atoms with Crippen LogP contribution in [0.15, 0.2) is 30.3 Å². The number of halogens is 2. The highest BCUT2D eigenvalue weighted by molar-refractivity contribution is 5.90. The molecule has 0 radical (unpaired) electrons. The topological polar surface area (TPSA) is 29.1 Å². The first-order valence-corrected chi connectivity index (χ1v) is 5.23. The number of anilines is 1. The maximum absolute atomic E-state index is 12.2. The van der Waals surface area contributed by atoms with Gasteiger partial charge in [-0.3, -0.25) is 13.6 Å². The van der Waals surface area contributed by atoms with E-state index >= 15 is 0 Å². The van der Waals surface area contributed by atoms with Crippen LogP contribution in [0.4, 0.5) is 14.5 Å². The highest BCUT2D eigenvalue weighted by atomic mass is 19.1. The van der Waals surface area contributed by atoms with Crippen molar-refractivity contribution in [3.8, 4) is 0 Å². The number of amides is 1. The molecule has 0 fully saturated rings. The number of para-hydroxylation sites is 1. The van der Waals surface area contributed by atoms with Crippen LogP contribution in [-0.4, -0.2) is 19.3 Å². The molecule has 0 aliphatic rings. The Bertz CT molecular complexity index is 312. The minimum atomic E-state index is -0.713. The molecule has 1 rings (SSSR count). The molecular formula is C12H15F2NO. The van der Waals surface area contributed by atoms with Crippen molar-refractivity contribution >= 4 is 11.6 Å². The maximum Gasteiger partial charge on any atom is 0.224 e. The molecule has 0 bridgehead atoms. The minimum absolute atomic E-state index is 0.146. The van der Waals surface area contributed by atoms with E-state index in [1.807, 2.05) is 18.2 Å². The molecule has 0 aromatic heterocycles. The molecule has 16 heavy (non-hydrogen) atoms. The van der Waals surface area contributed by atoms with E-state index in [-0.39, 0.29) is 18.7 Å². The smallest absolute Gasteiger partial charge is 0.224 e. The summed E-state index contributed by atoms with van der Waals surface area (Å²) in [7, 11) is 0. The van der Waals surface area contributed by atoms with Crippen molar-refractivity contribution in [2.24, 2.45) is 5.92 Å². The normalized spacial score (nSPS) is 10.4. The SMILES string of the molecule is O=C(CCC(CF)CF)Nc1ccccc1. The van der Waals surface area contributed by atoms with E-state index in [1.54, 1.807) is 12.1 Å². The molecule has 0 saturated heterocycles. The van der Waals surface area contributed by atoms with Crippen LogP contribution >= 0.6 is 0 Å². The van der Waals surface area contributed by atoms with Gasteiger partial charge in [-0.2, -0.15) is 0 Å². The molecule has 0 spiro atoms. The lowest BCUT2D eigenvalue weighted by molar-refractivity contribution is -0.116. The van der Waals surface area contributed by atoms with Crippen molar-refractivity contribution in [2.75, 3.05) is 18.7 Å².